The van der Waals surface area contributed by atoms with Crippen LogP contribution in [0.1, 0.15) is 36.0 Å². The van der Waals surface area contributed by atoms with Gasteiger partial charge >= 0.3 is 0 Å². The number of ketones is 2. The van der Waals surface area contributed by atoms with Gasteiger partial charge in [-0.3, -0.25) is 14.5 Å². The topological polar surface area (TPSA) is 37.4 Å². The smallest absolute Gasteiger partial charge is 0.176 e. The molecular formula is C16H19NO2. The van der Waals surface area contributed by atoms with Gasteiger partial charge in [0.25, 0.3) is 0 Å². The van der Waals surface area contributed by atoms with Crippen LogP contribution in [-0.4, -0.2) is 36.1 Å². The third kappa shape index (κ3) is 2.61. The lowest BCUT2D eigenvalue weighted by atomic mass is 9.62. The lowest BCUT2D eigenvalue weighted by molar-refractivity contribution is -0.135. The number of piperidine rings is 1. The molecule has 1 aliphatic heterocycles. The van der Waals surface area contributed by atoms with E-state index in [1.807, 2.05) is 30.3 Å². The number of benzene rings is 1. The fourth-order valence-electron chi connectivity index (χ4n) is 3.24. The summed E-state index contributed by atoms with van der Waals surface area (Å²) in [6.45, 7) is 2.41. The number of Topliss-reactive ketones (excluding diaryl/α,β-unsaturated/α-hetero) is 2. The first kappa shape index (κ1) is 12.5. The van der Waals surface area contributed by atoms with E-state index in [0.29, 0.717) is 17.7 Å². The summed E-state index contributed by atoms with van der Waals surface area (Å²) in [6, 6.07) is 9.47. The van der Waals surface area contributed by atoms with Crippen molar-refractivity contribution in [1.82, 2.24) is 4.90 Å². The van der Waals surface area contributed by atoms with E-state index in [4.69, 9.17) is 0 Å². The summed E-state index contributed by atoms with van der Waals surface area (Å²) in [5.74, 6) is 0.607. The van der Waals surface area contributed by atoms with Crippen molar-refractivity contribution in [3.63, 3.8) is 0 Å². The minimum absolute atomic E-state index is 0.196. The average Bonchev–Trinajstić information content (AvgIpc) is 2.41. The predicted octanol–water partition coefficient (Wildman–Crippen LogP) is 2.31. The van der Waals surface area contributed by atoms with Crippen LogP contribution >= 0.6 is 0 Å². The van der Waals surface area contributed by atoms with Gasteiger partial charge in [0.1, 0.15) is 5.78 Å². The van der Waals surface area contributed by atoms with Crippen molar-refractivity contribution in [1.29, 1.82) is 0 Å². The van der Waals surface area contributed by atoms with Gasteiger partial charge in [-0.25, -0.2) is 0 Å². The Balaban J connectivity index is 1.53. The molecule has 1 saturated carbocycles. The molecular weight excluding hydrogens is 238 g/mol. The largest absolute Gasteiger partial charge is 0.300 e. The molecule has 3 heteroatoms. The fraction of sp³-hybridized carbons (Fsp3) is 0.500. The maximum atomic E-state index is 12.1. The highest BCUT2D eigenvalue weighted by molar-refractivity contribution is 5.97. The highest BCUT2D eigenvalue weighted by Gasteiger charge is 2.45. The van der Waals surface area contributed by atoms with Gasteiger partial charge < -0.3 is 0 Å². The van der Waals surface area contributed by atoms with Crippen molar-refractivity contribution in [2.75, 3.05) is 19.6 Å². The fourth-order valence-corrected chi connectivity index (χ4v) is 3.24. The second-order valence-electron chi connectivity index (χ2n) is 5.96. The van der Waals surface area contributed by atoms with E-state index in [1.165, 1.54) is 0 Å². The number of likely N-dealkylation sites (tertiary alicyclic amines) is 1. The minimum Gasteiger partial charge on any atom is -0.300 e. The molecule has 0 bridgehead atoms. The predicted molar refractivity (Wildman–Crippen MR) is 73.1 cm³/mol. The zero-order valence-electron chi connectivity index (χ0n) is 11.1. The molecule has 0 N–H and O–H groups in total. The van der Waals surface area contributed by atoms with Crippen molar-refractivity contribution >= 4 is 11.6 Å². The van der Waals surface area contributed by atoms with Crippen LogP contribution < -0.4 is 0 Å². The Bertz CT molecular complexity index is 477. The van der Waals surface area contributed by atoms with Crippen LogP contribution in [0.4, 0.5) is 0 Å². The Morgan fingerprint density at radius 3 is 2.32 bits per heavy atom. The lowest BCUT2D eigenvalue weighted by Gasteiger charge is -2.46. The van der Waals surface area contributed by atoms with Gasteiger partial charge in [-0.15, -0.1) is 0 Å². The van der Waals surface area contributed by atoms with Crippen molar-refractivity contribution in [2.45, 2.75) is 25.7 Å². The van der Waals surface area contributed by atoms with Gasteiger partial charge in [-0.2, -0.15) is 0 Å². The van der Waals surface area contributed by atoms with Crippen LogP contribution in [0, 0.1) is 5.41 Å². The van der Waals surface area contributed by atoms with Crippen molar-refractivity contribution in [3.05, 3.63) is 35.9 Å². The third-order valence-electron chi connectivity index (χ3n) is 4.52. The first-order valence-electron chi connectivity index (χ1n) is 6.99. The lowest BCUT2D eigenvalue weighted by Crippen LogP contribution is -2.48. The van der Waals surface area contributed by atoms with E-state index in [0.717, 1.165) is 44.3 Å². The molecule has 0 amide bonds. The van der Waals surface area contributed by atoms with Gasteiger partial charge in [0.05, 0.1) is 6.54 Å². The Morgan fingerprint density at radius 1 is 1.11 bits per heavy atom. The number of carbonyl (C=O) groups excluding carboxylic acids is 2. The molecule has 0 atom stereocenters. The Morgan fingerprint density at radius 2 is 1.74 bits per heavy atom. The van der Waals surface area contributed by atoms with Gasteiger partial charge in [0.2, 0.25) is 0 Å². The standard InChI is InChI=1S/C16H19NO2/c18-14-10-16(11-14)6-8-17(9-7-16)12-15(19)13-4-2-1-3-5-13/h1-5H,6-12H2. The molecule has 0 radical (unpaired) electrons. The summed E-state index contributed by atoms with van der Waals surface area (Å²) >= 11 is 0. The van der Waals surface area contributed by atoms with E-state index in [-0.39, 0.29) is 5.78 Å². The van der Waals surface area contributed by atoms with Gasteiger partial charge in [0, 0.05) is 18.4 Å². The molecule has 3 nitrogen and oxygen atoms in total. The summed E-state index contributed by atoms with van der Waals surface area (Å²) < 4.78 is 0. The van der Waals surface area contributed by atoms with Gasteiger partial charge in [-0.05, 0) is 31.3 Å². The van der Waals surface area contributed by atoms with Crippen LogP contribution in [0.25, 0.3) is 0 Å². The summed E-state index contributed by atoms with van der Waals surface area (Å²) in [7, 11) is 0. The molecule has 19 heavy (non-hydrogen) atoms. The molecule has 0 unspecified atom stereocenters. The number of hydrogen-bond acceptors (Lipinski definition) is 3. The highest BCUT2D eigenvalue weighted by Crippen LogP contribution is 2.46. The van der Waals surface area contributed by atoms with Crippen LogP contribution in [0.15, 0.2) is 30.3 Å². The minimum atomic E-state index is 0.196. The molecule has 1 aromatic rings. The summed E-state index contributed by atoms with van der Waals surface area (Å²) in [6.07, 6.45) is 3.68. The molecule has 1 heterocycles. The maximum absolute atomic E-state index is 12.1. The first-order chi connectivity index (χ1) is 9.17. The quantitative estimate of drug-likeness (QED) is 0.780. The molecule has 2 fully saturated rings. The maximum Gasteiger partial charge on any atom is 0.176 e. The van der Waals surface area contributed by atoms with Crippen molar-refractivity contribution < 1.29 is 9.59 Å². The van der Waals surface area contributed by atoms with E-state index in [2.05, 4.69) is 4.90 Å². The summed E-state index contributed by atoms with van der Waals surface area (Å²) in [5.41, 5.74) is 1.09. The Kier molecular flexibility index (Phi) is 3.23. The average molecular weight is 257 g/mol. The van der Waals surface area contributed by atoms with Crippen LogP contribution in [0.5, 0.6) is 0 Å². The van der Waals surface area contributed by atoms with Crippen LogP contribution in [-0.2, 0) is 4.79 Å². The van der Waals surface area contributed by atoms with Crippen molar-refractivity contribution in [3.8, 4) is 0 Å². The van der Waals surface area contributed by atoms with Crippen molar-refractivity contribution in [2.24, 2.45) is 5.41 Å². The molecule has 0 aromatic heterocycles. The Hall–Kier alpha value is -1.48. The molecule has 1 aliphatic carbocycles. The zero-order valence-corrected chi connectivity index (χ0v) is 11.1. The van der Waals surface area contributed by atoms with E-state index < -0.39 is 0 Å². The van der Waals surface area contributed by atoms with E-state index in [9.17, 15) is 9.59 Å². The normalized spacial score (nSPS) is 22.2. The van der Waals surface area contributed by atoms with Gasteiger partial charge in [-0.1, -0.05) is 30.3 Å². The molecule has 1 spiro atoms. The Labute approximate surface area is 113 Å². The van der Waals surface area contributed by atoms with E-state index in [1.54, 1.807) is 0 Å². The van der Waals surface area contributed by atoms with Gasteiger partial charge in [0.15, 0.2) is 5.78 Å². The van der Waals surface area contributed by atoms with Crippen LogP contribution in [0.3, 0.4) is 0 Å². The second kappa shape index (κ2) is 4.89. The number of nitrogens with zero attached hydrogens (tertiary/aromatic N) is 1. The summed E-state index contributed by atoms with van der Waals surface area (Å²) in [4.78, 5) is 25.5. The molecule has 3 rings (SSSR count). The molecule has 100 valence electrons. The monoisotopic (exact) mass is 257 g/mol. The molecule has 2 aliphatic rings. The summed E-state index contributed by atoms with van der Waals surface area (Å²) in [5, 5.41) is 0. The molecule has 1 saturated heterocycles. The highest BCUT2D eigenvalue weighted by atomic mass is 16.1. The molecule has 1 aromatic carbocycles. The SMILES string of the molecule is O=C1CC2(CCN(CC(=O)c3ccccc3)CC2)C1. The van der Waals surface area contributed by atoms with Crippen LogP contribution in [0.2, 0.25) is 0 Å². The van der Waals surface area contributed by atoms with E-state index >= 15 is 0 Å². The zero-order chi connectivity index (χ0) is 13.3. The number of rotatable bonds is 3. The second-order valence-corrected chi connectivity index (χ2v) is 5.96. The number of carbonyl (C=O) groups is 2. The number of hydrogen-bond donors (Lipinski definition) is 0. The first-order valence-corrected chi connectivity index (χ1v) is 6.99. The third-order valence-corrected chi connectivity index (χ3v) is 4.52.